The molecule has 1 rings (SSSR count). The molecule has 4 heteroatoms. The van der Waals surface area contributed by atoms with Crippen molar-refractivity contribution in [2.45, 2.75) is 12.8 Å². The van der Waals surface area contributed by atoms with Crippen molar-refractivity contribution in [3.8, 4) is 11.8 Å². The van der Waals surface area contributed by atoms with E-state index >= 15 is 0 Å². The number of carboxylic acid groups (broad SMARTS) is 1. The Morgan fingerprint density at radius 2 is 2.21 bits per heavy atom. The van der Waals surface area contributed by atoms with Crippen LogP contribution >= 0.6 is 0 Å². The molecule has 0 heterocycles. The van der Waals surface area contributed by atoms with E-state index in [1.807, 2.05) is 6.07 Å². The van der Waals surface area contributed by atoms with Gasteiger partial charge in [-0.3, -0.25) is 4.79 Å². The zero-order chi connectivity index (χ0) is 10.6. The molecule has 0 bridgehead atoms. The number of aryl methyl sites for hydroxylation is 1. The van der Waals surface area contributed by atoms with Crippen LogP contribution in [0.1, 0.15) is 17.5 Å². The zero-order valence-corrected chi connectivity index (χ0v) is 7.40. The number of hydrogen-bond donors (Lipinski definition) is 2. The second-order valence-corrected chi connectivity index (χ2v) is 2.86. The largest absolute Gasteiger partial charge is 0.507 e. The molecule has 0 aliphatic heterocycles. The summed E-state index contributed by atoms with van der Waals surface area (Å²) in [5.74, 6) is -0.955. The topological polar surface area (TPSA) is 81.3 Å². The van der Waals surface area contributed by atoms with E-state index in [0.29, 0.717) is 6.42 Å². The molecule has 1 aromatic carbocycles. The first kappa shape index (κ1) is 10.1. The molecule has 0 amide bonds. The number of rotatable bonds is 3. The maximum absolute atomic E-state index is 10.3. The molecule has 72 valence electrons. The predicted molar refractivity (Wildman–Crippen MR) is 48.8 cm³/mol. The molecule has 4 nitrogen and oxygen atoms in total. The highest BCUT2D eigenvalue weighted by Crippen LogP contribution is 2.17. The van der Waals surface area contributed by atoms with Gasteiger partial charge in [-0.25, -0.2) is 0 Å². The van der Waals surface area contributed by atoms with Gasteiger partial charge < -0.3 is 10.2 Å². The Morgan fingerprint density at radius 1 is 1.50 bits per heavy atom. The minimum absolute atomic E-state index is 0.0235. The van der Waals surface area contributed by atoms with Crippen molar-refractivity contribution in [2.75, 3.05) is 0 Å². The molecule has 0 atom stereocenters. The van der Waals surface area contributed by atoms with Crippen molar-refractivity contribution in [3.05, 3.63) is 29.3 Å². The molecule has 0 aromatic heterocycles. The van der Waals surface area contributed by atoms with Crippen LogP contribution in [0.4, 0.5) is 0 Å². The van der Waals surface area contributed by atoms with E-state index in [4.69, 9.17) is 10.4 Å². The van der Waals surface area contributed by atoms with Crippen LogP contribution in [0.3, 0.4) is 0 Å². The maximum atomic E-state index is 10.3. The van der Waals surface area contributed by atoms with E-state index < -0.39 is 5.97 Å². The van der Waals surface area contributed by atoms with Crippen LogP contribution in [0.15, 0.2) is 18.2 Å². The minimum Gasteiger partial charge on any atom is -0.507 e. The number of carboxylic acids is 1. The standard InChI is InChI=1S/C10H9NO3/c11-6-8-5-7(1-3-9(8)12)2-4-10(13)14/h1,3,5,12H,2,4H2,(H,13,14). The second-order valence-electron chi connectivity index (χ2n) is 2.86. The molecular weight excluding hydrogens is 182 g/mol. The first-order valence-electron chi connectivity index (χ1n) is 4.07. The third-order valence-corrected chi connectivity index (χ3v) is 1.81. The molecule has 0 saturated carbocycles. The SMILES string of the molecule is N#Cc1cc(CCC(=O)O)ccc1O. The molecule has 1 aromatic rings. The van der Waals surface area contributed by atoms with Gasteiger partial charge in [-0.2, -0.15) is 5.26 Å². The number of phenols is 1. The summed E-state index contributed by atoms with van der Waals surface area (Å²) in [5.41, 5.74) is 0.912. The van der Waals surface area contributed by atoms with Gasteiger partial charge in [0, 0.05) is 6.42 Å². The summed E-state index contributed by atoms with van der Waals surface area (Å²) >= 11 is 0. The molecule has 0 aliphatic carbocycles. The van der Waals surface area contributed by atoms with E-state index in [1.54, 1.807) is 6.07 Å². The van der Waals surface area contributed by atoms with E-state index in [2.05, 4.69) is 0 Å². The fourth-order valence-corrected chi connectivity index (χ4v) is 1.08. The van der Waals surface area contributed by atoms with Crippen LogP contribution in [0, 0.1) is 11.3 Å². The molecule has 2 N–H and O–H groups in total. The zero-order valence-electron chi connectivity index (χ0n) is 7.40. The fraction of sp³-hybridized carbons (Fsp3) is 0.200. The van der Waals surface area contributed by atoms with Gasteiger partial charge in [-0.15, -0.1) is 0 Å². The van der Waals surface area contributed by atoms with E-state index in [1.165, 1.54) is 12.1 Å². The number of benzene rings is 1. The molecule has 0 radical (unpaired) electrons. The lowest BCUT2D eigenvalue weighted by molar-refractivity contribution is -0.136. The maximum Gasteiger partial charge on any atom is 0.303 e. The quantitative estimate of drug-likeness (QED) is 0.754. The van der Waals surface area contributed by atoms with Crippen LogP contribution in [0.2, 0.25) is 0 Å². The number of nitriles is 1. The van der Waals surface area contributed by atoms with Crippen LogP contribution < -0.4 is 0 Å². The number of hydrogen-bond acceptors (Lipinski definition) is 3. The van der Waals surface area contributed by atoms with E-state index in [0.717, 1.165) is 5.56 Å². The molecule has 0 saturated heterocycles. The third-order valence-electron chi connectivity index (χ3n) is 1.81. The van der Waals surface area contributed by atoms with E-state index in [9.17, 15) is 9.90 Å². The molecule has 0 spiro atoms. The van der Waals surface area contributed by atoms with Gasteiger partial charge in [0.25, 0.3) is 0 Å². The number of carbonyl (C=O) groups is 1. The Morgan fingerprint density at radius 3 is 2.79 bits per heavy atom. The van der Waals surface area contributed by atoms with Crippen LogP contribution in [-0.2, 0) is 11.2 Å². The predicted octanol–water partition coefficient (Wildman–Crippen LogP) is 1.28. The first-order valence-corrected chi connectivity index (χ1v) is 4.07. The highest BCUT2D eigenvalue weighted by Gasteiger charge is 2.03. The summed E-state index contributed by atoms with van der Waals surface area (Å²) in [6.45, 7) is 0. The smallest absolute Gasteiger partial charge is 0.303 e. The summed E-state index contributed by atoms with van der Waals surface area (Å²) in [5, 5.41) is 26.2. The Labute approximate surface area is 81.0 Å². The highest BCUT2D eigenvalue weighted by molar-refractivity contribution is 5.67. The van der Waals surface area contributed by atoms with Gasteiger partial charge in [0.05, 0.1) is 5.56 Å². The summed E-state index contributed by atoms with van der Waals surface area (Å²) < 4.78 is 0. The molecule has 0 aliphatic rings. The second kappa shape index (κ2) is 4.28. The Bertz CT molecular complexity index is 393. The van der Waals surface area contributed by atoms with Gasteiger partial charge in [0.1, 0.15) is 11.8 Å². The van der Waals surface area contributed by atoms with Gasteiger partial charge in [-0.1, -0.05) is 6.07 Å². The normalized spacial score (nSPS) is 9.36. The lowest BCUT2D eigenvalue weighted by atomic mass is 10.1. The average molecular weight is 191 g/mol. The summed E-state index contributed by atoms with van der Waals surface area (Å²) in [6.07, 6.45) is 0.389. The van der Waals surface area contributed by atoms with Crippen LogP contribution in [-0.4, -0.2) is 16.2 Å². The van der Waals surface area contributed by atoms with Gasteiger partial charge >= 0.3 is 5.97 Å². The van der Waals surface area contributed by atoms with Crippen molar-refractivity contribution < 1.29 is 15.0 Å². The van der Waals surface area contributed by atoms with Crippen molar-refractivity contribution in [3.63, 3.8) is 0 Å². The molecule has 0 unspecified atom stereocenters. The minimum atomic E-state index is -0.878. The number of nitrogens with zero attached hydrogens (tertiary/aromatic N) is 1. The summed E-state index contributed by atoms with van der Waals surface area (Å²) in [4.78, 5) is 10.3. The highest BCUT2D eigenvalue weighted by atomic mass is 16.4. The average Bonchev–Trinajstić information content (AvgIpc) is 2.16. The van der Waals surface area contributed by atoms with Crippen molar-refractivity contribution in [1.82, 2.24) is 0 Å². The van der Waals surface area contributed by atoms with E-state index in [-0.39, 0.29) is 17.7 Å². The lowest BCUT2D eigenvalue weighted by Gasteiger charge is -2.00. The van der Waals surface area contributed by atoms with Crippen LogP contribution in [0.5, 0.6) is 5.75 Å². The Kier molecular flexibility index (Phi) is 3.08. The summed E-state index contributed by atoms with van der Waals surface area (Å²) in [6, 6.07) is 6.33. The molecule has 0 fully saturated rings. The van der Waals surface area contributed by atoms with Gasteiger partial charge in [0.15, 0.2) is 0 Å². The Hall–Kier alpha value is -2.02. The van der Waals surface area contributed by atoms with Crippen LogP contribution in [0.25, 0.3) is 0 Å². The Balaban J connectivity index is 2.80. The van der Waals surface area contributed by atoms with Crippen molar-refractivity contribution in [1.29, 1.82) is 5.26 Å². The first-order chi connectivity index (χ1) is 6.63. The van der Waals surface area contributed by atoms with Crippen molar-refractivity contribution in [2.24, 2.45) is 0 Å². The number of aliphatic carboxylic acids is 1. The third kappa shape index (κ3) is 2.49. The monoisotopic (exact) mass is 191 g/mol. The molecule has 14 heavy (non-hydrogen) atoms. The number of aromatic hydroxyl groups is 1. The van der Waals surface area contributed by atoms with Crippen molar-refractivity contribution >= 4 is 5.97 Å². The van der Waals surface area contributed by atoms with Gasteiger partial charge in [0.2, 0.25) is 0 Å². The number of phenolic OH excluding ortho intramolecular Hbond substituents is 1. The molecular formula is C10H9NO3. The summed E-state index contributed by atoms with van der Waals surface area (Å²) in [7, 11) is 0. The fourth-order valence-electron chi connectivity index (χ4n) is 1.08. The van der Waals surface area contributed by atoms with Gasteiger partial charge in [-0.05, 0) is 24.1 Å². The lowest BCUT2D eigenvalue weighted by Crippen LogP contribution is -1.97.